The molecule has 0 bridgehead atoms. The first-order valence-corrected chi connectivity index (χ1v) is 8.01. The van der Waals surface area contributed by atoms with Crippen molar-refractivity contribution in [2.24, 2.45) is 7.05 Å². The van der Waals surface area contributed by atoms with Gasteiger partial charge in [-0.3, -0.25) is 9.48 Å². The zero-order chi connectivity index (χ0) is 17.8. The number of rotatable bonds is 6. The van der Waals surface area contributed by atoms with Crippen LogP contribution >= 0.6 is 0 Å². The Morgan fingerprint density at radius 2 is 2.08 bits per heavy atom. The molecule has 0 aliphatic rings. The molecule has 3 rings (SSSR count). The number of ether oxygens (including phenoxy) is 1. The highest BCUT2D eigenvalue weighted by Crippen LogP contribution is 2.19. The molecule has 2 aromatic heterocycles. The molecule has 0 aliphatic heterocycles. The number of amides is 1. The maximum absolute atomic E-state index is 12.2. The zero-order valence-electron chi connectivity index (χ0n) is 14.6. The predicted octanol–water partition coefficient (Wildman–Crippen LogP) is 2.20. The number of aromatic nitrogens is 4. The van der Waals surface area contributed by atoms with Crippen molar-refractivity contribution in [1.82, 2.24) is 24.9 Å². The van der Waals surface area contributed by atoms with E-state index in [1.807, 2.05) is 39.1 Å². The molecule has 0 aliphatic carbocycles. The molecule has 0 atom stereocenters. The van der Waals surface area contributed by atoms with E-state index < -0.39 is 0 Å². The van der Waals surface area contributed by atoms with E-state index in [0.29, 0.717) is 12.2 Å². The van der Waals surface area contributed by atoms with E-state index in [9.17, 15) is 4.79 Å². The first-order chi connectivity index (χ1) is 12.0. The molecule has 25 heavy (non-hydrogen) atoms. The van der Waals surface area contributed by atoms with Gasteiger partial charge in [0.15, 0.2) is 6.73 Å². The van der Waals surface area contributed by atoms with E-state index in [0.717, 1.165) is 17.0 Å². The minimum absolute atomic E-state index is 0.230. The Balaban J connectivity index is 1.56. The molecule has 7 heteroatoms. The van der Waals surface area contributed by atoms with E-state index in [1.165, 1.54) is 5.56 Å². The van der Waals surface area contributed by atoms with Crippen LogP contribution in [0.3, 0.4) is 0 Å². The molecule has 0 saturated carbocycles. The average molecular weight is 339 g/mol. The lowest BCUT2D eigenvalue weighted by Crippen LogP contribution is -2.24. The van der Waals surface area contributed by atoms with Crippen molar-refractivity contribution < 1.29 is 9.53 Å². The number of hydrogen-bond donors (Lipinski definition) is 1. The third kappa shape index (κ3) is 4.06. The quantitative estimate of drug-likeness (QED) is 0.747. The monoisotopic (exact) mass is 339 g/mol. The van der Waals surface area contributed by atoms with Gasteiger partial charge in [0.2, 0.25) is 0 Å². The van der Waals surface area contributed by atoms with Crippen molar-refractivity contribution in [3.05, 3.63) is 65.2 Å². The Kier molecular flexibility index (Phi) is 4.83. The fourth-order valence-corrected chi connectivity index (χ4v) is 2.49. The van der Waals surface area contributed by atoms with Gasteiger partial charge in [-0.25, -0.2) is 4.68 Å². The lowest BCUT2D eigenvalue weighted by atomic mass is 10.1. The van der Waals surface area contributed by atoms with Gasteiger partial charge in [0, 0.05) is 19.4 Å². The summed E-state index contributed by atoms with van der Waals surface area (Å²) in [4.78, 5) is 12.2. The third-order valence-corrected chi connectivity index (χ3v) is 3.91. The highest BCUT2D eigenvalue weighted by atomic mass is 16.5. The Morgan fingerprint density at radius 1 is 1.24 bits per heavy atom. The van der Waals surface area contributed by atoms with Gasteiger partial charge in [0.25, 0.3) is 5.91 Å². The summed E-state index contributed by atoms with van der Waals surface area (Å²) in [5.74, 6) is 0.578. The van der Waals surface area contributed by atoms with E-state index >= 15 is 0 Å². The van der Waals surface area contributed by atoms with Gasteiger partial charge in [0.1, 0.15) is 11.4 Å². The van der Waals surface area contributed by atoms with Gasteiger partial charge in [-0.15, -0.1) is 0 Å². The van der Waals surface area contributed by atoms with Crippen LogP contribution in [0.15, 0.2) is 42.7 Å². The first-order valence-electron chi connectivity index (χ1n) is 8.01. The van der Waals surface area contributed by atoms with Crippen LogP contribution in [0.5, 0.6) is 5.75 Å². The van der Waals surface area contributed by atoms with Gasteiger partial charge >= 0.3 is 0 Å². The van der Waals surface area contributed by atoms with Crippen molar-refractivity contribution in [1.29, 1.82) is 0 Å². The number of carbonyl (C=O) groups is 1. The normalized spacial score (nSPS) is 10.7. The predicted molar refractivity (Wildman–Crippen MR) is 93.1 cm³/mol. The molecule has 3 aromatic rings. The Hall–Kier alpha value is -3.09. The summed E-state index contributed by atoms with van der Waals surface area (Å²) >= 11 is 0. The van der Waals surface area contributed by atoms with E-state index in [1.54, 1.807) is 27.8 Å². The second kappa shape index (κ2) is 7.21. The number of carbonyl (C=O) groups excluding carboxylic acids is 1. The largest absolute Gasteiger partial charge is 0.471 e. The van der Waals surface area contributed by atoms with Gasteiger partial charge in [0.05, 0.1) is 12.2 Å². The SMILES string of the molecule is Cc1ccc(OCn2ccc(C(=O)NCc3ccnn3C)n2)c(C)c1. The summed E-state index contributed by atoms with van der Waals surface area (Å²) in [6, 6.07) is 9.54. The second-order valence-electron chi connectivity index (χ2n) is 5.91. The molecule has 1 aromatic carbocycles. The van der Waals surface area contributed by atoms with Gasteiger partial charge in [-0.05, 0) is 37.6 Å². The Labute approximate surface area is 146 Å². The molecule has 1 amide bonds. The summed E-state index contributed by atoms with van der Waals surface area (Å²) in [6.07, 6.45) is 3.42. The third-order valence-electron chi connectivity index (χ3n) is 3.91. The van der Waals surface area contributed by atoms with Crippen molar-refractivity contribution in [2.75, 3.05) is 0 Å². The highest BCUT2D eigenvalue weighted by molar-refractivity contribution is 5.92. The summed E-state index contributed by atoms with van der Waals surface area (Å²) < 4.78 is 9.08. The van der Waals surface area contributed by atoms with Crippen LogP contribution in [0.2, 0.25) is 0 Å². The van der Waals surface area contributed by atoms with Crippen molar-refractivity contribution in [2.45, 2.75) is 27.1 Å². The Morgan fingerprint density at radius 3 is 2.80 bits per heavy atom. The van der Waals surface area contributed by atoms with Crippen LogP contribution in [0.25, 0.3) is 0 Å². The van der Waals surface area contributed by atoms with Gasteiger partial charge in [-0.1, -0.05) is 17.7 Å². The van der Waals surface area contributed by atoms with Gasteiger partial charge in [-0.2, -0.15) is 10.2 Å². The van der Waals surface area contributed by atoms with Crippen molar-refractivity contribution in [3.63, 3.8) is 0 Å². The van der Waals surface area contributed by atoms with E-state index in [4.69, 9.17) is 4.74 Å². The van der Waals surface area contributed by atoms with Crippen molar-refractivity contribution in [3.8, 4) is 5.75 Å². The molecule has 0 fully saturated rings. The fraction of sp³-hybridized carbons (Fsp3) is 0.278. The molecule has 1 N–H and O–H groups in total. The average Bonchev–Trinajstić information content (AvgIpc) is 3.21. The fourth-order valence-electron chi connectivity index (χ4n) is 2.49. The minimum Gasteiger partial charge on any atom is -0.471 e. The summed E-state index contributed by atoms with van der Waals surface area (Å²) in [7, 11) is 1.83. The number of benzene rings is 1. The van der Waals surface area contributed by atoms with E-state index in [2.05, 4.69) is 21.6 Å². The number of hydrogen-bond acceptors (Lipinski definition) is 4. The van der Waals surface area contributed by atoms with Crippen LogP contribution < -0.4 is 10.1 Å². The summed E-state index contributed by atoms with van der Waals surface area (Å²) in [5.41, 5.74) is 3.54. The smallest absolute Gasteiger partial charge is 0.272 e. The van der Waals surface area contributed by atoms with Crippen LogP contribution in [0.1, 0.15) is 27.3 Å². The lowest BCUT2D eigenvalue weighted by molar-refractivity contribution is 0.0943. The zero-order valence-corrected chi connectivity index (χ0v) is 14.6. The van der Waals surface area contributed by atoms with Gasteiger partial charge < -0.3 is 10.1 Å². The maximum atomic E-state index is 12.2. The summed E-state index contributed by atoms with van der Waals surface area (Å²) in [5, 5.41) is 11.1. The molecule has 2 heterocycles. The van der Waals surface area contributed by atoms with Crippen LogP contribution in [0.4, 0.5) is 0 Å². The Bertz CT molecular complexity index is 881. The molecule has 0 saturated heterocycles. The maximum Gasteiger partial charge on any atom is 0.272 e. The van der Waals surface area contributed by atoms with Crippen LogP contribution in [-0.2, 0) is 20.3 Å². The standard InChI is InChI=1S/C18H21N5O2/c1-13-4-5-17(14(2)10-13)25-12-23-9-7-16(21-23)18(24)19-11-15-6-8-20-22(15)3/h4-10H,11-12H2,1-3H3,(H,19,24). The van der Waals surface area contributed by atoms with Crippen molar-refractivity contribution >= 4 is 5.91 Å². The molecule has 0 radical (unpaired) electrons. The molecular formula is C18H21N5O2. The summed E-state index contributed by atoms with van der Waals surface area (Å²) in [6.45, 7) is 4.70. The highest BCUT2D eigenvalue weighted by Gasteiger charge is 2.10. The number of nitrogens with zero attached hydrogens (tertiary/aromatic N) is 4. The topological polar surface area (TPSA) is 74.0 Å². The minimum atomic E-state index is -0.230. The molecule has 0 spiro atoms. The second-order valence-corrected chi connectivity index (χ2v) is 5.91. The van der Waals surface area contributed by atoms with E-state index in [-0.39, 0.29) is 12.6 Å². The molecule has 130 valence electrons. The molecule has 0 unspecified atom stereocenters. The molecular weight excluding hydrogens is 318 g/mol. The number of nitrogens with one attached hydrogen (secondary N) is 1. The first kappa shape index (κ1) is 16.8. The van der Waals surface area contributed by atoms with Crippen LogP contribution in [-0.4, -0.2) is 25.5 Å². The molecule has 7 nitrogen and oxygen atoms in total. The lowest BCUT2D eigenvalue weighted by Gasteiger charge is -2.09. The number of aryl methyl sites for hydroxylation is 3. The van der Waals surface area contributed by atoms with Crippen LogP contribution in [0, 0.1) is 13.8 Å².